The number of aromatic nitrogens is 1. The number of para-hydroxylation sites is 3. The Labute approximate surface area is 135 Å². The van der Waals surface area contributed by atoms with E-state index in [2.05, 4.69) is 9.88 Å². The first kappa shape index (κ1) is 14.1. The summed E-state index contributed by atoms with van der Waals surface area (Å²) in [4.78, 5) is 6.85. The van der Waals surface area contributed by atoms with Gasteiger partial charge in [-0.15, -0.1) is 0 Å². The summed E-state index contributed by atoms with van der Waals surface area (Å²) < 4.78 is 11.8. The van der Waals surface area contributed by atoms with Crippen LogP contribution in [0.25, 0.3) is 11.1 Å². The molecule has 2 heterocycles. The highest BCUT2D eigenvalue weighted by Crippen LogP contribution is 2.26. The molecule has 1 aliphatic rings. The van der Waals surface area contributed by atoms with Crippen molar-refractivity contribution >= 4 is 17.1 Å². The third-order valence-electron chi connectivity index (χ3n) is 4.30. The van der Waals surface area contributed by atoms with Crippen LogP contribution in [0.4, 0.5) is 6.01 Å². The molecule has 0 bridgehead atoms. The SMILES string of the molecule is c1ccc(OCC2CCCN(c3nc4ccccc4o3)C2)cc1. The standard InChI is InChI=1S/C19H20N2O2/c1-2-8-16(9-3-1)22-14-15-7-6-12-21(13-15)19-20-17-10-4-5-11-18(17)23-19/h1-5,8-11,15H,6-7,12-14H2. The van der Waals surface area contributed by atoms with Crippen molar-refractivity contribution in [3.8, 4) is 5.75 Å². The zero-order valence-corrected chi connectivity index (χ0v) is 13.0. The average molecular weight is 308 g/mol. The van der Waals surface area contributed by atoms with E-state index < -0.39 is 0 Å². The molecule has 0 N–H and O–H groups in total. The molecule has 3 aromatic rings. The van der Waals surface area contributed by atoms with Gasteiger partial charge < -0.3 is 14.1 Å². The largest absolute Gasteiger partial charge is 0.493 e. The molecule has 4 nitrogen and oxygen atoms in total. The van der Waals surface area contributed by atoms with Crippen molar-refractivity contribution in [2.45, 2.75) is 12.8 Å². The number of oxazole rings is 1. The zero-order valence-electron chi connectivity index (χ0n) is 13.0. The van der Waals surface area contributed by atoms with Crippen LogP contribution < -0.4 is 9.64 Å². The Morgan fingerprint density at radius 2 is 1.91 bits per heavy atom. The molecule has 23 heavy (non-hydrogen) atoms. The van der Waals surface area contributed by atoms with Gasteiger partial charge in [-0.05, 0) is 37.1 Å². The lowest BCUT2D eigenvalue weighted by atomic mass is 9.99. The van der Waals surface area contributed by atoms with Gasteiger partial charge in [0.15, 0.2) is 5.58 Å². The normalized spacial score (nSPS) is 18.3. The van der Waals surface area contributed by atoms with E-state index in [0.717, 1.165) is 49.0 Å². The van der Waals surface area contributed by atoms with Gasteiger partial charge >= 0.3 is 0 Å². The Kier molecular flexibility index (Phi) is 3.88. The summed E-state index contributed by atoms with van der Waals surface area (Å²) in [5, 5.41) is 0. The maximum absolute atomic E-state index is 5.91. The molecule has 0 saturated carbocycles. The molecule has 1 saturated heterocycles. The molecule has 1 unspecified atom stereocenters. The van der Waals surface area contributed by atoms with E-state index in [9.17, 15) is 0 Å². The lowest BCUT2D eigenvalue weighted by Crippen LogP contribution is -2.37. The van der Waals surface area contributed by atoms with E-state index in [0.29, 0.717) is 5.92 Å². The minimum absolute atomic E-state index is 0.499. The first-order valence-corrected chi connectivity index (χ1v) is 8.17. The summed E-state index contributed by atoms with van der Waals surface area (Å²) >= 11 is 0. The summed E-state index contributed by atoms with van der Waals surface area (Å²) in [7, 11) is 0. The number of ether oxygens (including phenoxy) is 1. The lowest BCUT2D eigenvalue weighted by Gasteiger charge is -2.31. The van der Waals surface area contributed by atoms with Crippen molar-refractivity contribution in [2.24, 2.45) is 5.92 Å². The smallest absolute Gasteiger partial charge is 0.298 e. The molecule has 1 fully saturated rings. The second-order valence-corrected chi connectivity index (χ2v) is 6.04. The quantitative estimate of drug-likeness (QED) is 0.726. The number of benzene rings is 2. The van der Waals surface area contributed by atoms with Crippen molar-refractivity contribution in [2.75, 3.05) is 24.6 Å². The molecular formula is C19H20N2O2. The predicted molar refractivity (Wildman–Crippen MR) is 90.9 cm³/mol. The predicted octanol–water partition coefficient (Wildman–Crippen LogP) is 4.12. The molecule has 0 spiro atoms. The van der Waals surface area contributed by atoms with Gasteiger partial charge in [-0.25, -0.2) is 0 Å². The first-order chi connectivity index (χ1) is 11.4. The Morgan fingerprint density at radius 1 is 1.09 bits per heavy atom. The minimum atomic E-state index is 0.499. The van der Waals surface area contributed by atoms with Crippen molar-refractivity contribution in [1.29, 1.82) is 0 Å². The molecule has 1 aromatic heterocycles. The highest BCUT2D eigenvalue weighted by molar-refractivity contribution is 5.74. The van der Waals surface area contributed by atoms with E-state index in [1.165, 1.54) is 6.42 Å². The number of hydrogen-bond donors (Lipinski definition) is 0. The number of hydrogen-bond acceptors (Lipinski definition) is 4. The third-order valence-corrected chi connectivity index (χ3v) is 4.30. The van der Waals surface area contributed by atoms with Crippen LogP contribution in [-0.2, 0) is 0 Å². The number of anilines is 1. The lowest BCUT2D eigenvalue weighted by molar-refractivity contribution is 0.226. The number of piperidine rings is 1. The van der Waals surface area contributed by atoms with Crippen LogP contribution in [-0.4, -0.2) is 24.7 Å². The van der Waals surface area contributed by atoms with Crippen LogP contribution in [0.15, 0.2) is 59.0 Å². The summed E-state index contributed by atoms with van der Waals surface area (Å²) in [6.07, 6.45) is 2.32. The molecule has 4 rings (SSSR count). The summed E-state index contributed by atoms with van der Waals surface area (Å²) in [6, 6.07) is 18.7. The van der Waals surface area contributed by atoms with Gasteiger partial charge in [-0.1, -0.05) is 30.3 Å². The van der Waals surface area contributed by atoms with Crippen LogP contribution in [0.1, 0.15) is 12.8 Å². The van der Waals surface area contributed by atoms with Gasteiger partial charge in [-0.3, -0.25) is 0 Å². The number of fused-ring (bicyclic) bond motifs is 1. The number of rotatable bonds is 4. The van der Waals surface area contributed by atoms with Gasteiger partial charge in [-0.2, -0.15) is 4.98 Å². The molecular weight excluding hydrogens is 288 g/mol. The molecule has 118 valence electrons. The monoisotopic (exact) mass is 308 g/mol. The highest BCUT2D eigenvalue weighted by atomic mass is 16.5. The van der Waals surface area contributed by atoms with Gasteiger partial charge in [0.1, 0.15) is 11.3 Å². The zero-order chi connectivity index (χ0) is 15.5. The molecule has 2 aromatic carbocycles. The summed E-state index contributed by atoms with van der Waals surface area (Å²) in [5.74, 6) is 1.44. The van der Waals surface area contributed by atoms with Crippen molar-refractivity contribution in [3.63, 3.8) is 0 Å². The molecule has 0 aliphatic carbocycles. The van der Waals surface area contributed by atoms with Crippen LogP contribution in [0.3, 0.4) is 0 Å². The van der Waals surface area contributed by atoms with E-state index in [1.54, 1.807) is 0 Å². The van der Waals surface area contributed by atoms with E-state index in [4.69, 9.17) is 9.15 Å². The van der Waals surface area contributed by atoms with E-state index in [1.807, 2.05) is 54.6 Å². The summed E-state index contributed by atoms with van der Waals surface area (Å²) in [5.41, 5.74) is 1.77. The van der Waals surface area contributed by atoms with Gasteiger partial charge in [0, 0.05) is 19.0 Å². The Bertz CT molecular complexity index is 736. The molecule has 4 heteroatoms. The van der Waals surface area contributed by atoms with Crippen LogP contribution in [0.2, 0.25) is 0 Å². The van der Waals surface area contributed by atoms with Crippen LogP contribution in [0.5, 0.6) is 5.75 Å². The Balaban J connectivity index is 1.42. The second kappa shape index (κ2) is 6.32. The minimum Gasteiger partial charge on any atom is -0.493 e. The fraction of sp³-hybridized carbons (Fsp3) is 0.316. The third kappa shape index (κ3) is 3.16. The maximum Gasteiger partial charge on any atom is 0.298 e. The number of nitrogens with zero attached hydrogens (tertiary/aromatic N) is 2. The van der Waals surface area contributed by atoms with Gasteiger partial charge in [0.25, 0.3) is 6.01 Å². The molecule has 1 atom stereocenters. The van der Waals surface area contributed by atoms with Crippen molar-refractivity contribution in [1.82, 2.24) is 4.98 Å². The van der Waals surface area contributed by atoms with E-state index in [-0.39, 0.29) is 0 Å². The van der Waals surface area contributed by atoms with Crippen LogP contribution in [0, 0.1) is 5.92 Å². The van der Waals surface area contributed by atoms with Crippen molar-refractivity contribution < 1.29 is 9.15 Å². The molecule has 1 aliphatic heterocycles. The average Bonchev–Trinajstić information content (AvgIpc) is 3.05. The maximum atomic E-state index is 5.91. The second-order valence-electron chi connectivity index (χ2n) is 6.04. The van der Waals surface area contributed by atoms with Crippen LogP contribution >= 0.6 is 0 Å². The first-order valence-electron chi connectivity index (χ1n) is 8.17. The van der Waals surface area contributed by atoms with E-state index >= 15 is 0 Å². The Morgan fingerprint density at radius 3 is 2.78 bits per heavy atom. The highest BCUT2D eigenvalue weighted by Gasteiger charge is 2.24. The van der Waals surface area contributed by atoms with Gasteiger partial charge in [0.05, 0.1) is 6.61 Å². The fourth-order valence-corrected chi connectivity index (χ4v) is 3.10. The van der Waals surface area contributed by atoms with Gasteiger partial charge in [0.2, 0.25) is 0 Å². The fourth-order valence-electron chi connectivity index (χ4n) is 3.10. The van der Waals surface area contributed by atoms with Crippen molar-refractivity contribution in [3.05, 3.63) is 54.6 Å². The Hall–Kier alpha value is -2.49. The summed E-state index contributed by atoms with van der Waals surface area (Å²) in [6.45, 7) is 2.66. The molecule has 0 radical (unpaired) electrons. The molecule has 0 amide bonds. The topological polar surface area (TPSA) is 38.5 Å².